The third kappa shape index (κ3) is 6.10. The molecule has 0 saturated heterocycles. The lowest BCUT2D eigenvalue weighted by Crippen LogP contribution is -2.38. The van der Waals surface area contributed by atoms with Gasteiger partial charge in [0, 0.05) is 28.3 Å². The summed E-state index contributed by atoms with van der Waals surface area (Å²) in [4.78, 5) is 0. The van der Waals surface area contributed by atoms with Gasteiger partial charge in [0.05, 0.1) is 11.0 Å². The number of aromatic nitrogens is 1. The van der Waals surface area contributed by atoms with E-state index >= 15 is 0 Å². The molecule has 0 N–H and O–H groups in total. The van der Waals surface area contributed by atoms with Gasteiger partial charge in [0.1, 0.15) is 5.75 Å². The van der Waals surface area contributed by atoms with Gasteiger partial charge >= 0.3 is 0 Å². The highest BCUT2D eigenvalue weighted by atomic mass is 16.5. The molecule has 5 aromatic carbocycles. The summed E-state index contributed by atoms with van der Waals surface area (Å²) in [5, 5.41) is 4.99. The smallest absolute Gasteiger partial charge is 0.154 e. The lowest BCUT2D eigenvalue weighted by atomic mass is 9.73. The molecular formula is C56H51NO. The Morgan fingerprint density at radius 1 is 0.810 bits per heavy atom. The second-order valence-corrected chi connectivity index (χ2v) is 17.0. The van der Waals surface area contributed by atoms with E-state index in [0.29, 0.717) is 0 Å². The van der Waals surface area contributed by atoms with E-state index in [-0.39, 0.29) is 11.3 Å². The van der Waals surface area contributed by atoms with E-state index in [4.69, 9.17) is 11.3 Å². The molecule has 0 amide bonds. The van der Waals surface area contributed by atoms with Gasteiger partial charge in [-0.05, 0) is 136 Å². The average molecular weight is 754 g/mol. The highest BCUT2D eigenvalue weighted by molar-refractivity contribution is 6.11. The molecule has 2 atom stereocenters. The van der Waals surface area contributed by atoms with Gasteiger partial charge in [-0.1, -0.05) is 149 Å². The van der Waals surface area contributed by atoms with Crippen LogP contribution >= 0.6 is 0 Å². The van der Waals surface area contributed by atoms with Crippen molar-refractivity contribution < 1.29 is 4.74 Å². The van der Waals surface area contributed by atoms with E-state index in [1.165, 1.54) is 82.7 Å². The van der Waals surface area contributed by atoms with Crippen molar-refractivity contribution in [1.29, 1.82) is 0 Å². The normalized spacial score (nSPS) is 19.7. The fourth-order valence-corrected chi connectivity index (χ4v) is 9.49. The topological polar surface area (TPSA) is 14.2 Å². The van der Waals surface area contributed by atoms with Gasteiger partial charge in [-0.2, -0.15) is 0 Å². The van der Waals surface area contributed by atoms with Crippen molar-refractivity contribution in [3.05, 3.63) is 216 Å². The predicted octanol–water partition coefficient (Wildman–Crippen LogP) is 15.0. The standard InChI is InChI=1S/C56H51NO/c1-9-10-15-40(36(2)3)22-20-37(4)42-25-28-51-49(33-42)50-34-45(44-24-23-41-16-11-12-17-43(41)32-44)26-29-52(50)57(51)38(5)21-27-47-39(6)55(7,8)54-48(47)30-31-56(54)35-46-18-13-14-19-53(46)58-56/h9-34,37H,1,6,35H2,2-5,7-8H3/b15-10-,22-20-,38-21+,47-27+/t37?,56-/m1/s1. The number of allylic oxidation sites excluding steroid dienone is 14. The predicted molar refractivity (Wildman–Crippen MR) is 248 cm³/mol. The van der Waals surface area contributed by atoms with Gasteiger partial charge in [0.2, 0.25) is 0 Å². The number of rotatable bonds is 8. The maximum atomic E-state index is 6.78. The Bertz CT molecular complexity index is 2910. The van der Waals surface area contributed by atoms with Crippen molar-refractivity contribution in [2.75, 3.05) is 0 Å². The lowest BCUT2D eigenvalue weighted by molar-refractivity contribution is 0.171. The summed E-state index contributed by atoms with van der Waals surface area (Å²) in [7, 11) is 0. The van der Waals surface area contributed by atoms with Crippen LogP contribution in [0.25, 0.3) is 49.4 Å². The minimum absolute atomic E-state index is 0.220. The van der Waals surface area contributed by atoms with Crippen LogP contribution in [0.5, 0.6) is 5.75 Å². The Morgan fingerprint density at radius 2 is 1.52 bits per heavy atom. The molecule has 1 spiro atoms. The monoisotopic (exact) mass is 753 g/mol. The van der Waals surface area contributed by atoms with E-state index in [1.807, 2.05) is 12.2 Å². The first-order chi connectivity index (χ1) is 28.0. The molecule has 2 heterocycles. The number of fused-ring (bicyclic) bond motifs is 6. The summed E-state index contributed by atoms with van der Waals surface area (Å²) in [6.45, 7) is 22.0. The fourth-order valence-electron chi connectivity index (χ4n) is 9.49. The largest absolute Gasteiger partial charge is 0.478 e. The molecule has 0 radical (unpaired) electrons. The van der Waals surface area contributed by atoms with Gasteiger partial charge in [-0.15, -0.1) is 0 Å². The van der Waals surface area contributed by atoms with Crippen molar-refractivity contribution in [1.82, 2.24) is 4.57 Å². The van der Waals surface area contributed by atoms with Crippen LogP contribution in [0.4, 0.5) is 0 Å². The van der Waals surface area contributed by atoms with Gasteiger partial charge < -0.3 is 9.30 Å². The first-order valence-electron chi connectivity index (χ1n) is 20.5. The van der Waals surface area contributed by atoms with Crippen LogP contribution in [0.15, 0.2) is 204 Å². The van der Waals surface area contributed by atoms with E-state index in [2.05, 4.69) is 198 Å². The number of ether oxygens (including phenoxy) is 1. The van der Waals surface area contributed by atoms with Gasteiger partial charge in [0.25, 0.3) is 0 Å². The van der Waals surface area contributed by atoms with Crippen molar-refractivity contribution in [2.45, 2.75) is 59.5 Å². The van der Waals surface area contributed by atoms with Crippen LogP contribution in [0.2, 0.25) is 0 Å². The van der Waals surface area contributed by atoms with Crippen LogP contribution in [0.3, 0.4) is 0 Å². The van der Waals surface area contributed by atoms with Crippen LogP contribution in [0.1, 0.15) is 58.6 Å². The van der Waals surface area contributed by atoms with Crippen LogP contribution in [-0.2, 0) is 6.42 Å². The molecule has 2 aliphatic carbocycles. The van der Waals surface area contributed by atoms with Crippen molar-refractivity contribution in [3.63, 3.8) is 0 Å². The summed E-state index contributed by atoms with van der Waals surface area (Å²) in [5.74, 6) is 1.20. The molecule has 3 aliphatic rings. The van der Waals surface area contributed by atoms with E-state index in [1.54, 1.807) is 0 Å². The summed E-state index contributed by atoms with van der Waals surface area (Å²) in [5.41, 5.74) is 15.2. The SMILES string of the molecule is C=C/C=C\C(/C=C\C(C)c1ccc2c(c1)c1cc(-c3ccc4ccccc4c3)ccc1n2/C(C)=C/C=C1\C(=C)C(C)(C)C2=C1C=C[C@@]21Cc2ccccc2O1)=C(C)C. The van der Waals surface area contributed by atoms with Crippen LogP contribution in [0, 0.1) is 5.41 Å². The number of hydrogen-bond acceptors (Lipinski definition) is 1. The highest BCUT2D eigenvalue weighted by Crippen LogP contribution is 2.60. The first kappa shape index (κ1) is 37.2. The Kier molecular flexibility index (Phi) is 9.12. The molecule has 2 heteroatoms. The second-order valence-electron chi connectivity index (χ2n) is 17.0. The molecule has 1 aliphatic heterocycles. The summed E-state index contributed by atoms with van der Waals surface area (Å²) < 4.78 is 9.21. The van der Waals surface area contributed by atoms with Gasteiger partial charge in [-0.25, -0.2) is 0 Å². The quantitative estimate of drug-likeness (QED) is 0.141. The number of nitrogens with zero attached hydrogens (tertiary/aromatic N) is 1. The zero-order chi connectivity index (χ0) is 40.3. The van der Waals surface area contributed by atoms with Crippen molar-refractivity contribution in [3.8, 4) is 16.9 Å². The van der Waals surface area contributed by atoms with Crippen LogP contribution in [-0.4, -0.2) is 10.2 Å². The van der Waals surface area contributed by atoms with E-state index in [9.17, 15) is 0 Å². The molecular weight excluding hydrogens is 703 g/mol. The minimum Gasteiger partial charge on any atom is -0.478 e. The lowest BCUT2D eigenvalue weighted by Gasteiger charge is -2.34. The van der Waals surface area contributed by atoms with E-state index in [0.717, 1.165) is 23.4 Å². The maximum Gasteiger partial charge on any atom is 0.154 e. The Hall–Kier alpha value is -6.38. The van der Waals surface area contributed by atoms with Crippen molar-refractivity contribution >= 4 is 38.3 Å². The zero-order valence-corrected chi connectivity index (χ0v) is 34.6. The van der Waals surface area contributed by atoms with Gasteiger partial charge in [0.15, 0.2) is 5.60 Å². The number of para-hydroxylation sites is 1. The third-order valence-corrected chi connectivity index (χ3v) is 12.7. The zero-order valence-electron chi connectivity index (χ0n) is 34.6. The Balaban J connectivity index is 1.15. The maximum absolute atomic E-state index is 6.78. The molecule has 1 aromatic heterocycles. The molecule has 2 nitrogen and oxygen atoms in total. The third-order valence-electron chi connectivity index (χ3n) is 12.7. The molecule has 0 fully saturated rings. The Morgan fingerprint density at radius 3 is 2.29 bits per heavy atom. The average Bonchev–Trinajstić information content (AvgIpc) is 3.94. The molecule has 0 bridgehead atoms. The number of benzene rings is 5. The summed E-state index contributed by atoms with van der Waals surface area (Å²) in [6.07, 6.45) is 20.5. The first-order valence-corrected chi connectivity index (χ1v) is 20.5. The van der Waals surface area contributed by atoms with Gasteiger partial charge in [-0.3, -0.25) is 0 Å². The van der Waals surface area contributed by atoms with E-state index < -0.39 is 5.60 Å². The molecule has 6 aromatic rings. The summed E-state index contributed by atoms with van der Waals surface area (Å²) in [6, 6.07) is 37.8. The van der Waals surface area contributed by atoms with Crippen LogP contribution < -0.4 is 4.74 Å². The second kappa shape index (κ2) is 14.2. The highest BCUT2D eigenvalue weighted by Gasteiger charge is 2.54. The molecule has 1 unspecified atom stereocenters. The fraction of sp³-hybridized carbons (Fsp3) is 0.179. The molecule has 286 valence electrons. The Labute approximate surface area is 343 Å². The molecule has 0 saturated carbocycles. The minimum atomic E-state index is -0.463. The van der Waals surface area contributed by atoms with Crippen molar-refractivity contribution in [2.24, 2.45) is 5.41 Å². The number of hydrogen-bond donors (Lipinski definition) is 0. The molecule has 9 rings (SSSR count). The summed E-state index contributed by atoms with van der Waals surface area (Å²) >= 11 is 0. The molecule has 58 heavy (non-hydrogen) atoms.